The maximum Gasteiger partial charge on any atom is 0.0853 e. The molecular formula is C13H25N3O. The summed E-state index contributed by atoms with van der Waals surface area (Å²) in [6, 6.07) is 0. The summed E-state index contributed by atoms with van der Waals surface area (Å²) in [5.74, 6) is 0. The molecule has 1 aromatic heterocycles. The Morgan fingerprint density at radius 3 is 2.47 bits per heavy atom. The summed E-state index contributed by atoms with van der Waals surface area (Å²) in [4.78, 5) is 0. The van der Waals surface area contributed by atoms with E-state index < -0.39 is 0 Å². The Hall–Kier alpha value is -1.03. The van der Waals surface area contributed by atoms with Crippen molar-refractivity contribution in [2.45, 2.75) is 40.0 Å². The van der Waals surface area contributed by atoms with Gasteiger partial charge in [-0.25, -0.2) is 0 Å². The molecule has 2 N–H and O–H groups in total. The van der Waals surface area contributed by atoms with Gasteiger partial charge in [0.1, 0.15) is 0 Å². The molecular weight excluding hydrogens is 214 g/mol. The van der Waals surface area contributed by atoms with Crippen LogP contribution < -0.4 is 5.32 Å². The molecule has 4 heteroatoms. The fourth-order valence-electron chi connectivity index (χ4n) is 2.01. The zero-order valence-electron chi connectivity index (χ0n) is 11.5. The van der Waals surface area contributed by atoms with Crippen LogP contribution in [0.25, 0.3) is 0 Å². The predicted octanol–water partition coefficient (Wildman–Crippen LogP) is 2.19. The van der Waals surface area contributed by atoms with Gasteiger partial charge in [-0.3, -0.25) is 4.68 Å². The SMILES string of the molecule is CCc1nn(C)cc1NCC(CC)(CC)CO. The van der Waals surface area contributed by atoms with Crippen molar-refractivity contribution in [3.8, 4) is 0 Å². The molecule has 1 heterocycles. The molecule has 98 valence electrons. The lowest BCUT2D eigenvalue weighted by atomic mass is 9.83. The molecule has 0 spiro atoms. The van der Waals surface area contributed by atoms with Gasteiger partial charge >= 0.3 is 0 Å². The predicted molar refractivity (Wildman–Crippen MR) is 71.2 cm³/mol. The molecule has 0 aromatic carbocycles. The summed E-state index contributed by atoms with van der Waals surface area (Å²) in [5, 5.41) is 17.4. The molecule has 0 aliphatic heterocycles. The van der Waals surface area contributed by atoms with Crippen LogP contribution in [0.2, 0.25) is 0 Å². The van der Waals surface area contributed by atoms with Gasteiger partial charge in [0.25, 0.3) is 0 Å². The number of aliphatic hydroxyl groups is 1. The quantitative estimate of drug-likeness (QED) is 0.767. The summed E-state index contributed by atoms with van der Waals surface area (Å²) in [5.41, 5.74) is 2.17. The van der Waals surface area contributed by atoms with Gasteiger partial charge in [-0.15, -0.1) is 0 Å². The molecule has 0 saturated carbocycles. The van der Waals surface area contributed by atoms with E-state index in [0.717, 1.165) is 37.2 Å². The van der Waals surface area contributed by atoms with Crippen molar-refractivity contribution in [1.82, 2.24) is 9.78 Å². The lowest BCUT2D eigenvalue weighted by Gasteiger charge is -2.29. The van der Waals surface area contributed by atoms with Crippen molar-refractivity contribution < 1.29 is 5.11 Å². The number of anilines is 1. The first-order valence-corrected chi connectivity index (χ1v) is 6.48. The minimum absolute atomic E-state index is 0.0130. The second-order valence-electron chi connectivity index (χ2n) is 4.74. The summed E-state index contributed by atoms with van der Waals surface area (Å²) in [7, 11) is 1.93. The molecule has 0 bridgehead atoms. The van der Waals surface area contributed by atoms with Gasteiger partial charge in [0.05, 0.1) is 18.0 Å². The lowest BCUT2D eigenvalue weighted by Crippen LogP contribution is -2.32. The van der Waals surface area contributed by atoms with E-state index in [1.54, 1.807) is 0 Å². The summed E-state index contributed by atoms with van der Waals surface area (Å²) in [6.07, 6.45) is 4.89. The van der Waals surface area contributed by atoms with Gasteiger partial charge in [0, 0.05) is 25.2 Å². The molecule has 1 rings (SSSR count). The smallest absolute Gasteiger partial charge is 0.0853 e. The van der Waals surface area contributed by atoms with Crippen LogP contribution in [-0.2, 0) is 13.5 Å². The van der Waals surface area contributed by atoms with E-state index >= 15 is 0 Å². The molecule has 0 radical (unpaired) electrons. The van der Waals surface area contributed by atoms with Crippen molar-refractivity contribution >= 4 is 5.69 Å². The Balaban J connectivity index is 2.71. The third-order valence-corrected chi connectivity index (χ3v) is 3.73. The second kappa shape index (κ2) is 6.05. The van der Waals surface area contributed by atoms with Crippen LogP contribution in [0.15, 0.2) is 6.20 Å². The van der Waals surface area contributed by atoms with Gasteiger partial charge in [0.2, 0.25) is 0 Å². The summed E-state index contributed by atoms with van der Waals surface area (Å²) >= 11 is 0. The highest BCUT2D eigenvalue weighted by molar-refractivity contribution is 5.46. The highest BCUT2D eigenvalue weighted by Crippen LogP contribution is 2.26. The Bertz CT molecular complexity index is 334. The average Bonchev–Trinajstić information content (AvgIpc) is 2.72. The average molecular weight is 239 g/mol. The van der Waals surface area contributed by atoms with Crippen molar-refractivity contribution in [1.29, 1.82) is 0 Å². The maximum absolute atomic E-state index is 9.53. The molecule has 0 aliphatic carbocycles. The van der Waals surface area contributed by atoms with Crippen molar-refractivity contribution in [3.05, 3.63) is 11.9 Å². The van der Waals surface area contributed by atoms with Crippen molar-refractivity contribution in [2.24, 2.45) is 12.5 Å². The molecule has 0 fully saturated rings. The number of aryl methyl sites for hydroxylation is 2. The van der Waals surface area contributed by atoms with E-state index in [9.17, 15) is 5.11 Å². The minimum atomic E-state index is -0.0130. The maximum atomic E-state index is 9.53. The van der Waals surface area contributed by atoms with Crippen LogP contribution in [0.5, 0.6) is 0 Å². The molecule has 0 aliphatic rings. The van der Waals surface area contributed by atoms with Gasteiger partial charge in [0.15, 0.2) is 0 Å². The highest BCUT2D eigenvalue weighted by Gasteiger charge is 2.25. The van der Waals surface area contributed by atoms with Crippen LogP contribution in [0.3, 0.4) is 0 Å². The van der Waals surface area contributed by atoms with Crippen molar-refractivity contribution in [3.63, 3.8) is 0 Å². The van der Waals surface area contributed by atoms with E-state index in [1.165, 1.54) is 0 Å². The lowest BCUT2D eigenvalue weighted by molar-refractivity contribution is 0.127. The van der Waals surface area contributed by atoms with Crippen LogP contribution in [0.4, 0.5) is 5.69 Å². The number of nitrogens with zero attached hydrogens (tertiary/aromatic N) is 2. The van der Waals surface area contributed by atoms with Gasteiger partial charge in [-0.2, -0.15) is 5.10 Å². The first-order chi connectivity index (χ1) is 8.10. The molecule has 4 nitrogen and oxygen atoms in total. The van der Waals surface area contributed by atoms with E-state index in [1.807, 2.05) is 17.9 Å². The largest absolute Gasteiger partial charge is 0.396 e. The number of rotatable bonds is 7. The zero-order valence-corrected chi connectivity index (χ0v) is 11.5. The first-order valence-electron chi connectivity index (χ1n) is 6.48. The zero-order chi connectivity index (χ0) is 12.9. The Morgan fingerprint density at radius 2 is 2.00 bits per heavy atom. The Morgan fingerprint density at radius 1 is 1.35 bits per heavy atom. The Kier molecular flexibility index (Phi) is 5.00. The monoisotopic (exact) mass is 239 g/mol. The standard InChI is InChI=1S/C13H25N3O/c1-5-11-12(8-16(4)15-11)14-9-13(6-2,7-3)10-17/h8,14,17H,5-7,9-10H2,1-4H3. The van der Waals surface area contributed by atoms with E-state index in [4.69, 9.17) is 0 Å². The molecule has 0 amide bonds. The highest BCUT2D eigenvalue weighted by atomic mass is 16.3. The third-order valence-electron chi connectivity index (χ3n) is 3.73. The number of nitrogens with one attached hydrogen (secondary N) is 1. The van der Waals surface area contributed by atoms with Gasteiger partial charge in [-0.05, 0) is 19.3 Å². The van der Waals surface area contributed by atoms with Crippen LogP contribution in [-0.4, -0.2) is 28.0 Å². The fraction of sp³-hybridized carbons (Fsp3) is 0.769. The molecule has 0 unspecified atom stereocenters. The number of hydrogen-bond acceptors (Lipinski definition) is 3. The third kappa shape index (κ3) is 3.22. The number of aromatic nitrogens is 2. The van der Waals surface area contributed by atoms with Crippen LogP contribution in [0.1, 0.15) is 39.3 Å². The second-order valence-corrected chi connectivity index (χ2v) is 4.74. The van der Waals surface area contributed by atoms with Gasteiger partial charge in [-0.1, -0.05) is 20.8 Å². The van der Waals surface area contributed by atoms with E-state index in [-0.39, 0.29) is 12.0 Å². The van der Waals surface area contributed by atoms with Gasteiger partial charge < -0.3 is 10.4 Å². The molecule has 0 atom stereocenters. The Labute approximate surface area is 104 Å². The molecule has 1 aromatic rings. The van der Waals surface area contributed by atoms with Crippen LogP contribution in [0, 0.1) is 5.41 Å². The molecule has 17 heavy (non-hydrogen) atoms. The van der Waals surface area contributed by atoms with Crippen molar-refractivity contribution in [2.75, 3.05) is 18.5 Å². The fourth-order valence-corrected chi connectivity index (χ4v) is 2.01. The van der Waals surface area contributed by atoms with E-state index in [0.29, 0.717) is 0 Å². The number of hydrogen-bond donors (Lipinski definition) is 2. The normalized spacial score (nSPS) is 11.8. The summed E-state index contributed by atoms with van der Waals surface area (Å²) < 4.78 is 1.83. The summed E-state index contributed by atoms with van der Waals surface area (Å²) in [6.45, 7) is 7.40. The topological polar surface area (TPSA) is 50.1 Å². The van der Waals surface area contributed by atoms with E-state index in [2.05, 4.69) is 31.2 Å². The number of aliphatic hydroxyl groups excluding tert-OH is 1. The molecule has 0 saturated heterocycles. The first kappa shape index (κ1) is 14.0. The van der Waals surface area contributed by atoms with Crippen LogP contribution >= 0.6 is 0 Å². The minimum Gasteiger partial charge on any atom is -0.396 e.